The van der Waals surface area contributed by atoms with Crippen molar-refractivity contribution in [3.63, 3.8) is 0 Å². The van der Waals surface area contributed by atoms with E-state index in [1.54, 1.807) is 20.8 Å². The van der Waals surface area contributed by atoms with Crippen LogP contribution in [0.5, 0.6) is 0 Å². The molecule has 14 heteroatoms. The van der Waals surface area contributed by atoms with Gasteiger partial charge in [-0.25, -0.2) is 4.79 Å². The van der Waals surface area contributed by atoms with Gasteiger partial charge in [-0.05, 0) is 55.3 Å². The minimum atomic E-state index is -4.83. The third kappa shape index (κ3) is 9.66. The van der Waals surface area contributed by atoms with E-state index in [9.17, 15) is 37.1 Å². The van der Waals surface area contributed by atoms with Gasteiger partial charge in [0.1, 0.15) is 6.04 Å². The Hall–Kier alpha value is -1.20. The molecular formula is C30H46F3I2N3O6. The first kappa shape index (κ1) is 39.0. The fourth-order valence-corrected chi connectivity index (χ4v) is 5.74. The summed E-state index contributed by atoms with van der Waals surface area (Å²) in [5.74, 6) is -3.69. The smallest absolute Gasteiger partial charge is 0.427 e. The second-order valence-electron chi connectivity index (χ2n) is 14.3. The summed E-state index contributed by atoms with van der Waals surface area (Å²) in [6, 6.07) is -2.19. The van der Waals surface area contributed by atoms with E-state index in [1.807, 2.05) is 13.8 Å². The van der Waals surface area contributed by atoms with E-state index in [0.29, 0.717) is 20.3 Å². The van der Waals surface area contributed by atoms with Gasteiger partial charge in [0.05, 0.1) is 7.97 Å². The fraction of sp³-hybridized carbons (Fsp3) is 0.833. The number of hydrogen-bond acceptors (Lipinski definition) is 6. The van der Waals surface area contributed by atoms with E-state index >= 15 is 0 Å². The molecule has 0 aromatic heterocycles. The quantitative estimate of drug-likeness (QED) is 0.149. The Morgan fingerprint density at radius 3 is 1.98 bits per heavy atom. The van der Waals surface area contributed by atoms with Crippen LogP contribution in [0, 0.1) is 34.5 Å². The monoisotopic (exact) mass is 855 g/mol. The largest absolute Gasteiger partial charge is 0.434 e. The number of fused-ring (bicyclic) bond motifs is 1. The molecule has 2 aliphatic carbocycles. The van der Waals surface area contributed by atoms with Crippen LogP contribution in [0.15, 0.2) is 0 Å². The number of likely N-dealkylation sites (tertiary alicyclic amines) is 1. The summed E-state index contributed by atoms with van der Waals surface area (Å²) in [5, 5.41) is 2.30. The Bertz CT molecular complexity index is 1120. The fourth-order valence-electron chi connectivity index (χ4n) is 5.74. The first-order valence-corrected chi connectivity index (χ1v) is 17.4. The highest BCUT2D eigenvalue weighted by atomic mass is 127. The van der Waals surface area contributed by atoms with E-state index in [-0.39, 0.29) is 41.9 Å². The van der Waals surface area contributed by atoms with Crippen molar-refractivity contribution in [2.45, 2.75) is 113 Å². The second kappa shape index (κ2) is 14.3. The summed E-state index contributed by atoms with van der Waals surface area (Å²) in [7, 11) is 0. The molecule has 1 saturated heterocycles. The Kier molecular flexibility index (Phi) is 12.7. The van der Waals surface area contributed by atoms with Crippen LogP contribution in [0.3, 0.4) is 0 Å². The predicted molar refractivity (Wildman–Crippen MR) is 176 cm³/mol. The number of ketones is 2. The molecule has 3 amide bonds. The highest BCUT2D eigenvalue weighted by molar-refractivity contribution is 14.2. The summed E-state index contributed by atoms with van der Waals surface area (Å²) >= 11 is 4.79. The van der Waals surface area contributed by atoms with Crippen LogP contribution in [0.2, 0.25) is 0 Å². The second-order valence-corrected chi connectivity index (χ2v) is 19.7. The molecule has 2 saturated carbocycles. The molecule has 0 bridgehead atoms. The number of nitrogens with two attached hydrogens (primary N) is 1. The average molecular weight is 856 g/mol. The number of ether oxygens (including phenoxy) is 1. The van der Waals surface area contributed by atoms with Gasteiger partial charge in [-0.2, -0.15) is 13.2 Å². The molecule has 3 fully saturated rings. The van der Waals surface area contributed by atoms with Crippen molar-refractivity contribution < 1.29 is 41.9 Å². The minimum absolute atomic E-state index is 0.000793. The van der Waals surface area contributed by atoms with Crippen molar-refractivity contribution in [1.29, 1.82) is 0 Å². The van der Waals surface area contributed by atoms with E-state index in [2.05, 4.69) is 62.2 Å². The zero-order valence-corrected chi connectivity index (χ0v) is 31.0. The topological polar surface area (TPSA) is 136 Å². The van der Waals surface area contributed by atoms with Gasteiger partial charge in [-0.15, -0.1) is 0 Å². The van der Waals surface area contributed by atoms with E-state index in [1.165, 1.54) is 11.3 Å². The van der Waals surface area contributed by atoms with Gasteiger partial charge in [0.25, 0.3) is 5.91 Å². The van der Waals surface area contributed by atoms with Crippen molar-refractivity contribution in [3.8, 4) is 0 Å². The maximum absolute atomic E-state index is 13.8. The molecule has 44 heavy (non-hydrogen) atoms. The average Bonchev–Trinajstić information content (AvgIpc) is 3.72. The lowest BCUT2D eigenvalue weighted by Crippen LogP contribution is -2.59. The zero-order chi connectivity index (χ0) is 34.2. The molecular weight excluding hydrogens is 809 g/mol. The molecule has 252 valence electrons. The number of carbonyl (C=O) groups excluding carboxylic acids is 5. The van der Waals surface area contributed by atoms with Gasteiger partial charge < -0.3 is 20.7 Å². The number of carbonyl (C=O) groups is 5. The van der Waals surface area contributed by atoms with E-state index in [0.717, 1.165) is 14.8 Å². The molecule has 3 rings (SSSR count). The van der Waals surface area contributed by atoms with Gasteiger partial charge in [0.15, 0.2) is 5.78 Å². The van der Waals surface area contributed by atoms with Gasteiger partial charge in [-0.1, -0.05) is 99.6 Å². The molecule has 9 nitrogen and oxygen atoms in total. The lowest BCUT2D eigenvalue weighted by atomic mass is 9.84. The molecule has 3 aliphatic rings. The lowest BCUT2D eigenvalue weighted by Gasteiger charge is -2.38. The first-order chi connectivity index (χ1) is 19.9. The van der Waals surface area contributed by atoms with Crippen molar-refractivity contribution >= 4 is 74.7 Å². The van der Waals surface area contributed by atoms with Crippen LogP contribution < -0.4 is 11.1 Å². The Morgan fingerprint density at radius 2 is 1.57 bits per heavy atom. The summed E-state index contributed by atoms with van der Waals surface area (Å²) in [6.07, 6.45) is -3.01. The number of primary amides is 1. The molecule has 3 N–H and O–H groups in total. The summed E-state index contributed by atoms with van der Waals surface area (Å²) in [5.41, 5.74) is 1.27. The summed E-state index contributed by atoms with van der Waals surface area (Å²) in [4.78, 5) is 65.5. The number of piperidine rings is 1. The third-order valence-electron chi connectivity index (χ3n) is 8.91. The number of halogens is 5. The standard InChI is InChI=1S/C27H40F3N3O6.C3H6I2/c1-24(2,3)20(32-23(38)39-26(6,7)27(28,29)30)22(37)33-12-15-17(25(15,4)5)18(33)16(34)11-14(10-13-8-9-13)19(35)21(31)36;1-2-3(4)5/h13-15,17-18,20H,8-12H2,1-7H3,(H2,31,36)(H,32,38);3H,2H2,1H3/t14?,15?,17-,18?,20?;/m0./s1. The SMILES string of the molecule is CC(C)(C)C(NC(=O)OC(C)(C)C(F)(F)F)C(=O)N1CC2[C@@H](C1C(=O)CC(CC1CC1)C(=O)C(N)=O)C2(C)C.CCC(I)I. The zero-order valence-electron chi connectivity index (χ0n) is 26.6. The van der Waals surface area contributed by atoms with Crippen LogP contribution in [0.25, 0.3) is 0 Å². The first-order valence-electron chi connectivity index (χ1n) is 14.9. The molecule has 4 unspecified atom stereocenters. The van der Waals surface area contributed by atoms with Gasteiger partial charge in [0.2, 0.25) is 17.3 Å². The Labute approximate surface area is 285 Å². The lowest BCUT2D eigenvalue weighted by molar-refractivity contribution is -0.244. The van der Waals surface area contributed by atoms with Crippen LogP contribution in [0.4, 0.5) is 18.0 Å². The van der Waals surface area contributed by atoms with E-state index in [4.69, 9.17) is 5.73 Å². The minimum Gasteiger partial charge on any atom is -0.434 e. The number of nitrogens with zero attached hydrogens (tertiary/aromatic N) is 1. The number of Topliss-reactive ketones (excluding diaryl/α,β-unsaturated/α-hetero) is 2. The maximum Gasteiger partial charge on any atom is 0.427 e. The van der Waals surface area contributed by atoms with Gasteiger partial charge in [0, 0.05) is 18.9 Å². The molecule has 1 heterocycles. The predicted octanol–water partition coefficient (Wildman–Crippen LogP) is 5.97. The van der Waals surface area contributed by atoms with Crippen LogP contribution >= 0.6 is 45.2 Å². The molecule has 0 aromatic rings. The van der Waals surface area contributed by atoms with Crippen molar-refractivity contribution in [1.82, 2.24) is 10.2 Å². The molecule has 5 atom stereocenters. The summed E-state index contributed by atoms with van der Waals surface area (Å²) < 4.78 is 45.2. The molecule has 0 radical (unpaired) electrons. The van der Waals surface area contributed by atoms with Crippen molar-refractivity contribution in [2.24, 2.45) is 40.2 Å². The number of alkyl carbamates (subject to hydrolysis) is 1. The highest BCUT2D eigenvalue weighted by Crippen LogP contribution is 2.65. The van der Waals surface area contributed by atoms with Crippen molar-refractivity contribution in [2.75, 3.05) is 6.54 Å². The van der Waals surface area contributed by atoms with Gasteiger partial charge in [-0.3, -0.25) is 19.2 Å². The normalized spacial score (nSPS) is 24.0. The van der Waals surface area contributed by atoms with Crippen LogP contribution in [-0.4, -0.2) is 66.7 Å². The van der Waals surface area contributed by atoms with Crippen LogP contribution in [0.1, 0.15) is 87.5 Å². The molecule has 1 aliphatic heterocycles. The van der Waals surface area contributed by atoms with Crippen LogP contribution in [-0.2, 0) is 23.9 Å². The van der Waals surface area contributed by atoms with Crippen molar-refractivity contribution in [3.05, 3.63) is 0 Å². The number of hydrogen-bond donors (Lipinski definition) is 2. The van der Waals surface area contributed by atoms with Gasteiger partial charge >= 0.3 is 12.3 Å². The summed E-state index contributed by atoms with van der Waals surface area (Å²) in [6.45, 7) is 12.7. The highest BCUT2D eigenvalue weighted by Gasteiger charge is 2.69. The number of amides is 3. The molecule has 0 aromatic carbocycles. The number of nitrogens with one attached hydrogen (secondary N) is 1. The number of rotatable bonds is 11. The Balaban J connectivity index is 0.00000125. The van der Waals surface area contributed by atoms with E-state index < -0.39 is 58.9 Å². The maximum atomic E-state index is 13.8. The third-order valence-corrected chi connectivity index (χ3v) is 10.7. The Morgan fingerprint density at radius 1 is 1.05 bits per heavy atom. The number of alkyl halides is 5. The molecule has 0 spiro atoms.